The Bertz CT molecular complexity index is 776. The van der Waals surface area contributed by atoms with E-state index < -0.39 is 6.16 Å². The van der Waals surface area contributed by atoms with Crippen molar-refractivity contribution in [1.82, 2.24) is 0 Å². The first-order valence-corrected chi connectivity index (χ1v) is 17.5. The Balaban J connectivity index is 2.89. The first-order valence-electron chi connectivity index (χ1n) is 17.5. The lowest BCUT2D eigenvalue weighted by atomic mass is 9.94. The van der Waals surface area contributed by atoms with Crippen molar-refractivity contribution in [2.45, 2.75) is 181 Å². The molecule has 1 aromatic carbocycles. The highest BCUT2D eigenvalue weighted by Gasteiger charge is 2.21. The third kappa shape index (κ3) is 18.3. The molecule has 1 rings (SSSR count). The largest absolute Gasteiger partial charge is 0.511 e. The molecule has 41 heavy (non-hydrogen) atoms. The summed E-state index contributed by atoms with van der Waals surface area (Å²) < 4.78 is 11.3. The maximum atomic E-state index is 11.4. The lowest BCUT2D eigenvalue weighted by molar-refractivity contribution is 0.142. The van der Waals surface area contributed by atoms with Crippen molar-refractivity contribution in [3.05, 3.63) is 17.2 Å². The summed E-state index contributed by atoms with van der Waals surface area (Å²) in [5.41, 5.74) is 2.12. The van der Waals surface area contributed by atoms with Crippen molar-refractivity contribution in [2.24, 2.45) is 0 Å². The molecule has 0 atom stereocenters. The summed E-state index contributed by atoms with van der Waals surface area (Å²) in [7, 11) is 0. The maximum Gasteiger partial charge on any atom is 0.511 e. The molecule has 0 spiro atoms. The first kappa shape index (κ1) is 37.1. The highest BCUT2D eigenvalue weighted by molar-refractivity contribution is 5.67. The minimum absolute atomic E-state index is 0.00121. The maximum absolute atomic E-state index is 11.4. The van der Waals surface area contributed by atoms with Gasteiger partial charge in [-0.1, -0.05) is 149 Å². The minimum atomic E-state index is -1.41. The summed E-state index contributed by atoms with van der Waals surface area (Å²) in [6.45, 7) is 7.26. The van der Waals surface area contributed by atoms with Crippen LogP contribution in [-0.4, -0.2) is 23.0 Å². The zero-order valence-electron chi connectivity index (χ0n) is 27.1. The van der Waals surface area contributed by atoms with Gasteiger partial charge in [0.15, 0.2) is 11.5 Å². The molecular weight excluding hydrogens is 512 g/mol. The molecule has 5 heteroatoms. The molecule has 2 N–H and O–H groups in total. The number of rotatable bonds is 28. The van der Waals surface area contributed by atoms with Gasteiger partial charge >= 0.3 is 6.16 Å². The van der Waals surface area contributed by atoms with Crippen LogP contribution in [0.4, 0.5) is 4.79 Å². The van der Waals surface area contributed by atoms with Gasteiger partial charge in [0.05, 0.1) is 6.61 Å². The normalized spacial score (nSPS) is 11.2. The van der Waals surface area contributed by atoms with E-state index in [1.165, 1.54) is 109 Å². The summed E-state index contributed by atoms with van der Waals surface area (Å²) in [6.07, 6.45) is 28.5. The second kappa shape index (κ2) is 25.8. The summed E-state index contributed by atoms with van der Waals surface area (Å²) in [4.78, 5) is 11.4. The number of hydrogen-bond acceptors (Lipinski definition) is 4. The fourth-order valence-corrected chi connectivity index (χ4v) is 5.66. The number of phenols is 1. The van der Waals surface area contributed by atoms with Gasteiger partial charge in [0.2, 0.25) is 5.75 Å². The SMILES string of the molecule is CCCCCCCCCCc1cc(OC(=O)O)c(O)c(OCCCCCCCCC)c1CCCCCCCCCC. The number of benzene rings is 1. The first-order chi connectivity index (χ1) is 20.0. The predicted octanol–water partition coefficient (Wildman–Crippen LogP) is 11.9. The summed E-state index contributed by atoms with van der Waals surface area (Å²) in [5, 5.41) is 20.4. The molecule has 0 saturated heterocycles. The van der Waals surface area contributed by atoms with Gasteiger partial charge in [-0.2, -0.15) is 0 Å². The van der Waals surface area contributed by atoms with Crippen LogP contribution in [0.25, 0.3) is 0 Å². The van der Waals surface area contributed by atoms with Gasteiger partial charge in [0.25, 0.3) is 0 Å². The third-order valence-corrected chi connectivity index (χ3v) is 8.19. The van der Waals surface area contributed by atoms with Crippen LogP contribution < -0.4 is 9.47 Å². The van der Waals surface area contributed by atoms with Crippen LogP contribution >= 0.6 is 0 Å². The van der Waals surface area contributed by atoms with Crippen LogP contribution in [0.2, 0.25) is 0 Å². The fourth-order valence-electron chi connectivity index (χ4n) is 5.66. The number of unbranched alkanes of at least 4 members (excludes halogenated alkanes) is 20. The molecule has 0 aliphatic heterocycles. The van der Waals surface area contributed by atoms with Gasteiger partial charge in [0.1, 0.15) is 0 Å². The molecule has 1 aromatic rings. The van der Waals surface area contributed by atoms with E-state index in [1.807, 2.05) is 0 Å². The number of phenolic OH excluding ortho intramolecular Hbond substituents is 1. The van der Waals surface area contributed by atoms with Crippen LogP contribution in [0.3, 0.4) is 0 Å². The third-order valence-electron chi connectivity index (χ3n) is 8.19. The Kier molecular flexibility index (Phi) is 23.3. The lowest BCUT2D eigenvalue weighted by Gasteiger charge is -2.19. The average molecular weight is 577 g/mol. The van der Waals surface area contributed by atoms with Gasteiger partial charge in [0, 0.05) is 5.56 Å². The Morgan fingerprint density at radius 1 is 0.610 bits per heavy atom. The van der Waals surface area contributed by atoms with Crippen LogP contribution in [0, 0.1) is 0 Å². The van der Waals surface area contributed by atoms with Crippen LogP contribution in [0.5, 0.6) is 17.2 Å². The molecule has 5 nitrogen and oxygen atoms in total. The Morgan fingerprint density at radius 2 is 1.02 bits per heavy atom. The number of aryl methyl sites for hydroxylation is 1. The van der Waals surface area contributed by atoms with Crippen molar-refractivity contribution in [2.75, 3.05) is 6.61 Å². The van der Waals surface area contributed by atoms with Gasteiger partial charge in [-0.3, -0.25) is 0 Å². The van der Waals surface area contributed by atoms with Crippen molar-refractivity contribution in [3.63, 3.8) is 0 Å². The van der Waals surface area contributed by atoms with Gasteiger partial charge in [-0.05, 0) is 43.7 Å². The molecule has 238 valence electrons. The van der Waals surface area contributed by atoms with E-state index >= 15 is 0 Å². The highest BCUT2D eigenvalue weighted by Crippen LogP contribution is 2.43. The summed E-state index contributed by atoms with van der Waals surface area (Å²) >= 11 is 0. The molecular formula is C36H64O5. The molecule has 0 radical (unpaired) electrons. The monoisotopic (exact) mass is 576 g/mol. The van der Waals surface area contributed by atoms with Gasteiger partial charge in [-0.25, -0.2) is 4.79 Å². The van der Waals surface area contributed by atoms with Crippen molar-refractivity contribution < 1.29 is 24.5 Å². The van der Waals surface area contributed by atoms with E-state index in [9.17, 15) is 15.0 Å². The van der Waals surface area contributed by atoms with Crippen molar-refractivity contribution >= 4 is 6.16 Å². The molecule has 0 aliphatic carbocycles. The second-order valence-electron chi connectivity index (χ2n) is 12.0. The number of hydrogen-bond donors (Lipinski definition) is 2. The number of aromatic hydroxyl groups is 1. The molecule has 0 bridgehead atoms. The van der Waals surface area contributed by atoms with Gasteiger partial charge in [-0.15, -0.1) is 0 Å². The zero-order valence-corrected chi connectivity index (χ0v) is 27.1. The van der Waals surface area contributed by atoms with Crippen LogP contribution in [0.15, 0.2) is 6.07 Å². The summed E-state index contributed by atoms with van der Waals surface area (Å²) in [6, 6.07) is 1.76. The highest BCUT2D eigenvalue weighted by atomic mass is 16.7. The topological polar surface area (TPSA) is 76.0 Å². The molecule has 0 amide bonds. The second-order valence-corrected chi connectivity index (χ2v) is 12.0. The quantitative estimate of drug-likeness (QED) is 0.0589. The van der Waals surface area contributed by atoms with E-state index in [0.717, 1.165) is 62.5 Å². The number of carboxylic acid groups (broad SMARTS) is 1. The molecule has 0 unspecified atom stereocenters. The minimum Gasteiger partial charge on any atom is -0.502 e. The van der Waals surface area contributed by atoms with E-state index in [4.69, 9.17) is 9.47 Å². The van der Waals surface area contributed by atoms with E-state index in [2.05, 4.69) is 20.8 Å². The van der Waals surface area contributed by atoms with E-state index in [0.29, 0.717) is 12.4 Å². The molecule has 0 aromatic heterocycles. The Labute approximate surface area is 252 Å². The Hall–Kier alpha value is -1.91. The molecule has 0 fully saturated rings. The molecule has 0 saturated carbocycles. The molecule has 0 aliphatic rings. The van der Waals surface area contributed by atoms with Crippen LogP contribution in [0.1, 0.15) is 180 Å². The Morgan fingerprint density at radius 3 is 1.49 bits per heavy atom. The number of ether oxygens (including phenoxy) is 2. The van der Waals surface area contributed by atoms with Crippen molar-refractivity contribution in [3.8, 4) is 17.2 Å². The van der Waals surface area contributed by atoms with Crippen LogP contribution in [-0.2, 0) is 12.8 Å². The fraction of sp³-hybridized carbons (Fsp3) is 0.806. The number of carbonyl (C=O) groups is 1. The lowest BCUT2D eigenvalue weighted by Crippen LogP contribution is -2.08. The molecule has 0 heterocycles. The smallest absolute Gasteiger partial charge is 0.502 e. The predicted molar refractivity (Wildman–Crippen MR) is 173 cm³/mol. The summed E-state index contributed by atoms with van der Waals surface area (Å²) in [5.74, 6) is 0.290. The van der Waals surface area contributed by atoms with E-state index in [-0.39, 0.29) is 11.5 Å². The van der Waals surface area contributed by atoms with Crippen molar-refractivity contribution in [1.29, 1.82) is 0 Å². The van der Waals surface area contributed by atoms with Gasteiger partial charge < -0.3 is 19.7 Å². The average Bonchev–Trinajstić information content (AvgIpc) is 2.95. The van der Waals surface area contributed by atoms with E-state index in [1.54, 1.807) is 6.07 Å². The standard InChI is InChI=1S/C36H64O5/c1-4-7-10-13-16-18-21-24-27-31-30-33(41-36(38)39)34(37)35(40-29-26-23-20-15-12-9-6-3)32(31)28-25-22-19-17-14-11-8-5-2/h30,37H,4-29H2,1-3H3,(H,38,39). The zero-order chi connectivity index (χ0) is 30.0.